The van der Waals surface area contributed by atoms with E-state index in [0.717, 1.165) is 35.5 Å². The second-order valence-electron chi connectivity index (χ2n) is 5.44. The van der Waals surface area contributed by atoms with Crippen molar-refractivity contribution in [3.63, 3.8) is 0 Å². The lowest BCUT2D eigenvalue weighted by molar-refractivity contribution is -0.127. The Labute approximate surface area is 128 Å². The van der Waals surface area contributed by atoms with Gasteiger partial charge in [0.1, 0.15) is 5.01 Å². The van der Waals surface area contributed by atoms with Gasteiger partial charge in [0.05, 0.1) is 5.69 Å². The molecule has 2 aromatic rings. The zero-order valence-electron chi connectivity index (χ0n) is 12.1. The average Bonchev–Trinajstić information content (AvgIpc) is 2.79. The Bertz CT molecular complexity index is 620. The number of hydrogen-bond acceptors (Lipinski definition) is 4. The minimum Gasteiger partial charge on any atom is -0.356 e. The topological polar surface area (TPSA) is 54.9 Å². The summed E-state index contributed by atoms with van der Waals surface area (Å²) in [4.78, 5) is 21.8. The highest BCUT2D eigenvalue weighted by molar-refractivity contribution is 7.15. The zero-order valence-corrected chi connectivity index (χ0v) is 12.9. The van der Waals surface area contributed by atoms with Gasteiger partial charge in [-0.1, -0.05) is 6.42 Å². The van der Waals surface area contributed by atoms with E-state index in [1.165, 1.54) is 11.3 Å². The fourth-order valence-electron chi connectivity index (χ4n) is 2.39. The molecule has 1 saturated carbocycles. The Morgan fingerprint density at radius 2 is 2.33 bits per heavy atom. The molecule has 1 aliphatic rings. The first-order chi connectivity index (χ1) is 10.2. The van der Waals surface area contributed by atoms with Gasteiger partial charge in [-0.25, -0.2) is 4.98 Å². The Balaban J connectivity index is 1.58. The van der Waals surface area contributed by atoms with Gasteiger partial charge in [0.2, 0.25) is 5.91 Å². The first-order valence-electron chi connectivity index (χ1n) is 7.38. The zero-order chi connectivity index (χ0) is 14.7. The Hall–Kier alpha value is -1.75. The summed E-state index contributed by atoms with van der Waals surface area (Å²) in [7, 11) is 0. The summed E-state index contributed by atoms with van der Waals surface area (Å²) in [5, 5.41) is 4.04. The summed E-state index contributed by atoms with van der Waals surface area (Å²) in [5.41, 5.74) is 2.10. The third-order valence-corrected chi connectivity index (χ3v) is 5.19. The molecular weight excluding hydrogens is 282 g/mol. The molecular formula is C16H19N3OS. The van der Waals surface area contributed by atoms with Crippen LogP contribution in [0.25, 0.3) is 10.6 Å². The minimum atomic E-state index is 0.218. The average molecular weight is 301 g/mol. The smallest absolute Gasteiger partial charge is 0.223 e. The standard InChI is InChI=1S/C16H19N3OS/c1-11-14(7-9-18-15(20)12-4-2-5-12)21-16(19-11)13-6-3-8-17-10-13/h3,6,8,10,12H,2,4-5,7,9H2,1H3,(H,18,20). The van der Waals surface area contributed by atoms with Crippen molar-refractivity contribution < 1.29 is 4.79 Å². The molecule has 110 valence electrons. The first kappa shape index (κ1) is 14.2. The number of aromatic nitrogens is 2. The molecule has 0 aliphatic heterocycles. The molecule has 0 radical (unpaired) electrons. The van der Waals surface area contributed by atoms with Gasteiger partial charge in [0.25, 0.3) is 0 Å². The number of rotatable bonds is 5. The van der Waals surface area contributed by atoms with Crippen molar-refractivity contribution in [3.05, 3.63) is 35.1 Å². The fourth-order valence-corrected chi connectivity index (χ4v) is 3.44. The van der Waals surface area contributed by atoms with Gasteiger partial charge in [-0.3, -0.25) is 9.78 Å². The van der Waals surface area contributed by atoms with E-state index in [-0.39, 0.29) is 11.8 Å². The van der Waals surface area contributed by atoms with E-state index < -0.39 is 0 Å². The van der Waals surface area contributed by atoms with Gasteiger partial charge in [-0.05, 0) is 31.9 Å². The van der Waals surface area contributed by atoms with Gasteiger partial charge in [-0.15, -0.1) is 11.3 Å². The van der Waals surface area contributed by atoms with Gasteiger partial charge >= 0.3 is 0 Å². The highest BCUT2D eigenvalue weighted by Gasteiger charge is 2.24. The van der Waals surface area contributed by atoms with Crippen molar-refractivity contribution in [2.45, 2.75) is 32.6 Å². The number of amides is 1. The fraction of sp³-hybridized carbons (Fsp3) is 0.438. The van der Waals surface area contributed by atoms with Crippen LogP contribution >= 0.6 is 11.3 Å². The number of aryl methyl sites for hydroxylation is 1. The van der Waals surface area contributed by atoms with Crippen LogP contribution in [0.1, 0.15) is 29.8 Å². The summed E-state index contributed by atoms with van der Waals surface area (Å²) < 4.78 is 0. The largest absolute Gasteiger partial charge is 0.356 e. The van der Waals surface area contributed by atoms with Gasteiger partial charge in [-0.2, -0.15) is 0 Å². The van der Waals surface area contributed by atoms with Crippen molar-refractivity contribution in [2.24, 2.45) is 5.92 Å². The number of nitrogens with zero attached hydrogens (tertiary/aromatic N) is 2. The van der Waals surface area contributed by atoms with Crippen LogP contribution < -0.4 is 5.32 Å². The van der Waals surface area contributed by atoms with Crippen LogP contribution in [-0.2, 0) is 11.2 Å². The number of carbonyl (C=O) groups is 1. The molecule has 1 amide bonds. The SMILES string of the molecule is Cc1nc(-c2cccnc2)sc1CCNC(=O)C1CCC1. The molecule has 0 bridgehead atoms. The predicted molar refractivity (Wildman–Crippen MR) is 84.1 cm³/mol. The number of hydrogen-bond donors (Lipinski definition) is 1. The van der Waals surface area contributed by atoms with Crippen LogP contribution in [0.4, 0.5) is 0 Å². The molecule has 2 aromatic heterocycles. The van der Waals surface area contributed by atoms with Crippen LogP contribution in [0.5, 0.6) is 0 Å². The highest BCUT2D eigenvalue weighted by Crippen LogP contribution is 2.28. The van der Waals surface area contributed by atoms with Crippen LogP contribution in [0, 0.1) is 12.8 Å². The number of nitrogens with one attached hydrogen (secondary N) is 1. The van der Waals surface area contributed by atoms with E-state index >= 15 is 0 Å². The molecule has 0 atom stereocenters. The molecule has 0 spiro atoms. The number of carbonyl (C=O) groups excluding carboxylic acids is 1. The molecule has 4 nitrogen and oxygen atoms in total. The lowest BCUT2D eigenvalue weighted by atomic mass is 9.85. The molecule has 21 heavy (non-hydrogen) atoms. The van der Waals surface area contributed by atoms with Crippen molar-refractivity contribution >= 4 is 17.2 Å². The first-order valence-corrected chi connectivity index (χ1v) is 8.20. The maximum atomic E-state index is 11.8. The predicted octanol–water partition coefficient (Wildman–Crippen LogP) is 2.97. The highest BCUT2D eigenvalue weighted by atomic mass is 32.1. The number of thiazole rings is 1. The molecule has 1 aliphatic carbocycles. The third kappa shape index (κ3) is 3.29. The Kier molecular flexibility index (Phi) is 4.29. The molecule has 5 heteroatoms. The second-order valence-corrected chi connectivity index (χ2v) is 6.52. The summed E-state index contributed by atoms with van der Waals surface area (Å²) >= 11 is 1.69. The van der Waals surface area contributed by atoms with Crippen LogP contribution in [-0.4, -0.2) is 22.4 Å². The van der Waals surface area contributed by atoms with Crippen molar-refractivity contribution in [1.82, 2.24) is 15.3 Å². The van der Waals surface area contributed by atoms with Crippen LogP contribution in [0.15, 0.2) is 24.5 Å². The third-order valence-electron chi connectivity index (χ3n) is 3.93. The van der Waals surface area contributed by atoms with Crippen LogP contribution in [0.3, 0.4) is 0 Å². The normalized spacial score (nSPS) is 14.7. The van der Waals surface area contributed by atoms with Crippen LogP contribution in [0.2, 0.25) is 0 Å². The van der Waals surface area contributed by atoms with Crippen molar-refractivity contribution in [2.75, 3.05) is 6.54 Å². The van der Waals surface area contributed by atoms with Gasteiger partial charge < -0.3 is 5.32 Å². The number of pyridine rings is 1. The summed E-state index contributed by atoms with van der Waals surface area (Å²) in [6.45, 7) is 2.73. The quantitative estimate of drug-likeness (QED) is 0.923. The maximum Gasteiger partial charge on any atom is 0.223 e. The summed E-state index contributed by atoms with van der Waals surface area (Å²) in [6.07, 6.45) is 7.75. The molecule has 1 fully saturated rings. The van der Waals surface area contributed by atoms with E-state index in [9.17, 15) is 4.79 Å². The Morgan fingerprint density at radius 1 is 1.48 bits per heavy atom. The minimum absolute atomic E-state index is 0.218. The summed E-state index contributed by atoms with van der Waals surface area (Å²) in [5.74, 6) is 0.481. The van der Waals surface area contributed by atoms with E-state index in [0.29, 0.717) is 6.54 Å². The van der Waals surface area contributed by atoms with E-state index in [1.807, 2.05) is 25.3 Å². The Morgan fingerprint density at radius 3 is 3.00 bits per heavy atom. The molecule has 0 saturated heterocycles. The molecule has 0 unspecified atom stereocenters. The van der Waals surface area contributed by atoms with Gasteiger partial charge in [0, 0.05) is 41.7 Å². The molecule has 0 aromatic carbocycles. The monoisotopic (exact) mass is 301 g/mol. The summed E-state index contributed by atoms with van der Waals surface area (Å²) in [6, 6.07) is 3.94. The second kappa shape index (κ2) is 6.35. The lowest BCUT2D eigenvalue weighted by Crippen LogP contribution is -2.35. The van der Waals surface area contributed by atoms with E-state index in [2.05, 4.69) is 15.3 Å². The molecule has 2 heterocycles. The lowest BCUT2D eigenvalue weighted by Gasteiger charge is -2.23. The molecule has 3 rings (SSSR count). The van der Waals surface area contributed by atoms with E-state index in [4.69, 9.17) is 0 Å². The molecule has 1 N–H and O–H groups in total. The van der Waals surface area contributed by atoms with Crippen molar-refractivity contribution in [1.29, 1.82) is 0 Å². The maximum absolute atomic E-state index is 11.8. The van der Waals surface area contributed by atoms with Gasteiger partial charge in [0.15, 0.2) is 0 Å². The van der Waals surface area contributed by atoms with Crippen molar-refractivity contribution in [3.8, 4) is 10.6 Å². The van der Waals surface area contributed by atoms with E-state index in [1.54, 1.807) is 17.5 Å².